The predicted octanol–water partition coefficient (Wildman–Crippen LogP) is 5.63. The maximum absolute atomic E-state index is 12.6. The van der Waals surface area contributed by atoms with Crippen molar-refractivity contribution in [2.24, 2.45) is 0 Å². The molecule has 0 spiro atoms. The highest BCUT2D eigenvalue weighted by molar-refractivity contribution is 7.55. The topological polar surface area (TPSA) is 72.8 Å². The lowest BCUT2D eigenvalue weighted by Gasteiger charge is -2.23. The van der Waals surface area contributed by atoms with E-state index in [1.165, 1.54) is 38.5 Å². The number of hydrogen-bond donors (Lipinski definition) is 1. The number of unbranched alkanes of at least 4 members (excludes halogenated alkanes) is 8. The smallest absolute Gasteiger partial charge is 0.344 e. The SMILES string of the molecule is CCCCCCCCCCCC(C(=O)O)P(=O)(OCC)OCC. The lowest BCUT2D eigenvalue weighted by Crippen LogP contribution is -2.23. The molecule has 0 aliphatic heterocycles. The third-order valence-corrected chi connectivity index (χ3v) is 6.34. The molecule has 0 radical (unpaired) electrons. The highest BCUT2D eigenvalue weighted by Crippen LogP contribution is 2.54. The van der Waals surface area contributed by atoms with Crippen LogP contribution in [0.4, 0.5) is 0 Å². The molecule has 1 unspecified atom stereocenters. The first-order valence-electron chi connectivity index (χ1n) is 9.13. The summed E-state index contributed by atoms with van der Waals surface area (Å²) >= 11 is 0. The molecule has 0 aliphatic carbocycles. The Morgan fingerprint density at radius 1 is 0.870 bits per heavy atom. The first kappa shape index (κ1) is 22.6. The molecule has 0 heterocycles. The van der Waals surface area contributed by atoms with Crippen molar-refractivity contribution in [1.29, 1.82) is 0 Å². The van der Waals surface area contributed by atoms with E-state index >= 15 is 0 Å². The normalized spacial score (nSPS) is 13.2. The number of rotatable bonds is 16. The Hall–Kier alpha value is -0.380. The van der Waals surface area contributed by atoms with Gasteiger partial charge in [-0.1, -0.05) is 64.7 Å². The molecule has 0 amide bonds. The van der Waals surface area contributed by atoms with Gasteiger partial charge in [-0.3, -0.25) is 9.36 Å². The molecule has 23 heavy (non-hydrogen) atoms. The zero-order valence-corrected chi connectivity index (χ0v) is 16.0. The van der Waals surface area contributed by atoms with Crippen LogP contribution in [0.5, 0.6) is 0 Å². The molecular formula is C17H35O5P. The highest BCUT2D eigenvalue weighted by Gasteiger charge is 2.40. The summed E-state index contributed by atoms with van der Waals surface area (Å²) in [5, 5.41) is 9.35. The van der Waals surface area contributed by atoms with Crippen molar-refractivity contribution in [3.8, 4) is 0 Å². The summed E-state index contributed by atoms with van der Waals surface area (Å²) in [5.41, 5.74) is -1.05. The zero-order chi connectivity index (χ0) is 17.6. The fourth-order valence-electron chi connectivity index (χ4n) is 2.64. The maximum Gasteiger partial charge on any atom is 0.344 e. The van der Waals surface area contributed by atoms with Gasteiger partial charge in [-0.05, 0) is 20.3 Å². The third kappa shape index (κ3) is 10.2. The van der Waals surface area contributed by atoms with E-state index in [-0.39, 0.29) is 13.2 Å². The minimum absolute atomic E-state index is 0.193. The summed E-state index contributed by atoms with van der Waals surface area (Å²) in [6, 6.07) is 0. The Balaban J connectivity index is 4.10. The lowest BCUT2D eigenvalue weighted by molar-refractivity contribution is -0.137. The fraction of sp³-hybridized carbons (Fsp3) is 0.941. The van der Waals surface area contributed by atoms with Gasteiger partial charge in [0.05, 0.1) is 13.2 Å². The first-order valence-corrected chi connectivity index (χ1v) is 10.7. The molecule has 0 aromatic rings. The van der Waals surface area contributed by atoms with Crippen molar-refractivity contribution < 1.29 is 23.5 Å². The molecule has 0 rings (SSSR count). The van der Waals surface area contributed by atoms with Gasteiger partial charge < -0.3 is 14.2 Å². The quantitative estimate of drug-likeness (QED) is 0.289. The van der Waals surface area contributed by atoms with Crippen LogP contribution in [0.15, 0.2) is 0 Å². The van der Waals surface area contributed by atoms with E-state index in [1.54, 1.807) is 13.8 Å². The van der Waals surface area contributed by atoms with Crippen LogP contribution < -0.4 is 0 Å². The Labute approximate surface area is 141 Å². The standard InChI is InChI=1S/C17H35O5P/c1-4-7-8-9-10-11-12-13-14-15-16(17(18)19)23(20,21-5-2)22-6-3/h16H,4-15H2,1-3H3,(H,18,19). The van der Waals surface area contributed by atoms with Gasteiger partial charge >= 0.3 is 13.6 Å². The van der Waals surface area contributed by atoms with Crippen molar-refractivity contribution in [1.82, 2.24) is 0 Å². The summed E-state index contributed by atoms with van der Waals surface area (Å²) in [7, 11) is -3.56. The first-order chi connectivity index (χ1) is 11.0. The van der Waals surface area contributed by atoms with Crippen LogP contribution in [-0.4, -0.2) is 29.9 Å². The van der Waals surface area contributed by atoms with Gasteiger partial charge in [-0.2, -0.15) is 0 Å². The molecule has 6 heteroatoms. The second kappa shape index (κ2) is 14.0. The second-order valence-corrected chi connectivity index (χ2v) is 8.07. The van der Waals surface area contributed by atoms with E-state index in [1.807, 2.05) is 0 Å². The van der Waals surface area contributed by atoms with Crippen LogP contribution in [0.1, 0.15) is 85.0 Å². The van der Waals surface area contributed by atoms with Gasteiger partial charge in [0.25, 0.3) is 0 Å². The van der Waals surface area contributed by atoms with Crippen LogP contribution in [0.2, 0.25) is 0 Å². The van der Waals surface area contributed by atoms with Crippen molar-refractivity contribution in [2.45, 2.75) is 90.6 Å². The van der Waals surface area contributed by atoms with E-state index in [0.29, 0.717) is 6.42 Å². The average Bonchev–Trinajstić information content (AvgIpc) is 2.49. The van der Waals surface area contributed by atoms with Gasteiger partial charge in [-0.25, -0.2) is 0 Å². The maximum atomic E-state index is 12.6. The monoisotopic (exact) mass is 350 g/mol. The van der Waals surface area contributed by atoms with Crippen molar-refractivity contribution in [2.75, 3.05) is 13.2 Å². The molecule has 0 bridgehead atoms. The molecule has 1 N–H and O–H groups in total. The van der Waals surface area contributed by atoms with Crippen LogP contribution in [0, 0.1) is 0 Å². The molecule has 0 fully saturated rings. The van der Waals surface area contributed by atoms with Gasteiger partial charge in [0.15, 0.2) is 5.66 Å². The van der Waals surface area contributed by atoms with Crippen molar-refractivity contribution >= 4 is 13.6 Å². The van der Waals surface area contributed by atoms with E-state index in [4.69, 9.17) is 9.05 Å². The average molecular weight is 350 g/mol. The summed E-state index contributed by atoms with van der Waals surface area (Å²) in [4.78, 5) is 11.4. The molecule has 138 valence electrons. The molecule has 0 saturated carbocycles. The van der Waals surface area contributed by atoms with Crippen molar-refractivity contribution in [3.05, 3.63) is 0 Å². The fourth-order valence-corrected chi connectivity index (χ4v) is 4.57. The van der Waals surface area contributed by atoms with E-state index in [0.717, 1.165) is 19.3 Å². The molecule has 5 nitrogen and oxygen atoms in total. The van der Waals surface area contributed by atoms with Gasteiger partial charge in [0.1, 0.15) is 0 Å². The second-order valence-electron chi connectivity index (χ2n) is 5.85. The number of carbonyl (C=O) groups is 1. The minimum Gasteiger partial charge on any atom is -0.481 e. The molecule has 0 saturated heterocycles. The minimum atomic E-state index is -3.56. The zero-order valence-electron chi connectivity index (χ0n) is 15.1. The third-order valence-electron chi connectivity index (χ3n) is 3.87. The van der Waals surface area contributed by atoms with Crippen LogP contribution in [0.3, 0.4) is 0 Å². The van der Waals surface area contributed by atoms with E-state index < -0.39 is 19.2 Å². The Morgan fingerprint density at radius 3 is 1.70 bits per heavy atom. The van der Waals surface area contributed by atoms with Crippen LogP contribution in [-0.2, 0) is 18.4 Å². The van der Waals surface area contributed by atoms with E-state index in [2.05, 4.69) is 6.92 Å². The van der Waals surface area contributed by atoms with E-state index in [9.17, 15) is 14.5 Å². The molecule has 0 aromatic carbocycles. The van der Waals surface area contributed by atoms with Gasteiger partial charge in [0, 0.05) is 0 Å². The summed E-state index contributed by atoms with van der Waals surface area (Å²) in [5.74, 6) is -1.09. The predicted molar refractivity (Wildman–Crippen MR) is 94.1 cm³/mol. The number of aliphatic carboxylic acids is 1. The Bertz CT molecular complexity index is 336. The molecular weight excluding hydrogens is 315 g/mol. The summed E-state index contributed by atoms with van der Waals surface area (Å²) in [6.45, 7) is 5.99. The van der Waals surface area contributed by atoms with Crippen LogP contribution in [0.25, 0.3) is 0 Å². The molecule has 1 atom stereocenters. The van der Waals surface area contributed by atoms with Crippen LogP contribution >= 0.6 is 7.60 Å². The summed E-state index contributed by atoms with van der Waals surface area (Å²) < 4.78 is 23.0. The van der Waals surface area contributed by atoms with Crippen molar-refractivity contribution in [3.63, 3.8) is 0 Å². The van der Waals surface area contributed by atoms with Gasteiger partial charge in [-0.15, -0.1) is 0 Å². The number of carboxylic acids is 1. The number of carboxylic acid groups (broad SMARTS) is 1. The Morgan fingerprint density at radius 2 is 1.30 bits per heavy atom. The lowest BCUT2D eigenvalue weighted by atomic mass is 10.1. The molecule has 0 aromatic heterocycles. The number of hydrogen-bond acceptors (Lipinski definition) is 4. The largest absolute Gasteiger partial charge is 0.481 e. The summed E-state index contributed by atoms with van der Waals surface area (Å²) in [6.07, 6.45) is 10.8. The molecule has 0 aliphatic rings. The van der Waals surface area contributed by atoms with Gasteiger partial charge in [0.2, 0.25) is 0 Å². The highest BCUT2D eigenvalue weighted by atomic mass is 31.2. The Kier molecular flexibility index (Phi) is 13.8.